The number of allylic oxidation sites excluding steroid dienone is 6. The molecule has 0 heterocycles. The van der Waals surface area contributed by atoms with Crippen molar-refractivity contribution in [2.24, 2.45) is 5.92 Å². The lowest BCUT2D eigenvalue weighted by atomic mass is 10.0. The summed E-state index contributed by atoms with van der Waals surface area (Å²) in [6.45, 7) is 4.14. The van der Waals surface area contributed by atoms with E-state index in [1.165, 1.54) is 6.08 Å². The summed E-state index contributed by atoms with van der Waals surface area (Å²) in [6, 6.07) is 0. The van der Waals surface area contributed by atoms with E-state index >= 15 is 0 Å². The van der Waals surface area contributed by atoms with Gasteiger partial charge in [-0.2, -0.15) is 0 Å². The Balaban J connectivity index is 2.82. The average molecular weight is 152 g/mol. The van der Waals surface area contributed by atoms with Gasteiger partial charge in [-0.05, 0) is 30.1 Å². The molecule has 0 saturated heterocycles. The van der Waals surface area contributed by atoms with E-state index in [4.69, 9.17) is 0 Å². The van der Waals surface area contributed by atoms with Crippen LogP contribution in [0.2, 0.25) is 0 Å². The first-order valence-electron chi connectivity index (χ1n) is 3.94. The summed E-state index contributed by atoms with van der Waals surface area (Å²) in [4.78, 5) is 0. The van der Waals surface area contributed by atoms with Gasteiger partial charge in [0.1, 0.15) is 5.83 Å². The van der Waals surface area contributed by atoms with E-state index in [2.05, 4.69) is 19.9 Å². The third-order valence-corrected chi connectivity index (χ3v) is 1.74. The van der Waals surface area contributed by atoms with Gasteiger partial charge in [-0.1, -0.05) is 26.0 Å². The van der Waals surface area contributed by atoms with Crippen molar-refractivity contribution in [3.63, 3.8) is 0 Å². The minimum Gasteiger partial charge on any atom is -0.207 e. The molecule has 1 aliphatic rings. The molecule has 0 radical (unpaired) electrons. The fourth-order valence-corrected chi connectivity index (χ4v) is 1.05. The second-order valence-electron chi connectivity index (χ2n) is 3.03. The fourth-order valence-electron chi connectivity index (χ4n) is 1.05. The summed E-state index contributed by atoms with van der Waals surface area (Å²) in [7, 11) is 0. The molecule has 0 bridgehead atoms. The van der Waals surface area contributed by atoms with E-state index < -0.39 is 0 Å². The van der Waals surface area contributed by atoms with E-state index in [9.17, 15) is 4.39 Å². The van der Waals surface area contributed by atoms with Gasteiger partial charge in [0.25, 0.3) is 0 Å². The molecule has 11 heavy (non-hydrogen) atoms. The van der Waals surface area contributed by atoms with Crippen molar-refractivity contribution >= 4 is 0 Å². The van der Waals surface area contributed by atoms with E-state index in [0.717, 1.165) is 12.0 Å². The van der Waals surface area contributed by atoms with Crippen LogP contribution in [0.4, 0.5) is 4.39 Å². The standard InChI is InChI=1S/C10H13F/c1-8(2)9-5-3-4-6-10(11)7-9/h4-8H,3H2,1-2H3. The van der Waals surface area contributed by atoms with Crippen LogP contribution in [-0.4, -0.2) is 0 Å². The topological polar surface area (TPSA) is 0 Å². The Labute approximate surface area is 67.1 Å². The number of hydrogen-bond donors (Lipinski definition) is 0. The lowest BCUT2D eigenvalue weighted by Gasteiger charge is -2.03. The Bertz CT molecular complexity index is 219. The summed E-state index contributed by atoms with van der Waals surface area (Å²) in [5.74, 6) is 0.281. The van der Waals surface area contributed by atoms with Crippen molar-refractivity contribution in [2.75, 3.05) is 0 Å². The smallest absolute Gasteiger partial charge is 0.123 e. The van der Waals surface area contributed by atoms with E-state index in [-0.39, 0.29) is 5.83 Å². The van der Waals surface area contributed by atoms with Gasteiger partial charge in [-0.15, -0.1) is 0 Å². The molecule has 1 heteroatoms. The second kappa shape index (κ2) is 3.51. The molecule has 0 fully saturated rings. The maximum absolute atomic E-state index is 12.8. The first kappa shape index (κ1) is 8.25. The largest absolute Gasteiger partial charge is 0.207 e. The van der Waals surface area contributed by atoms with Crippen molar-refractivity contribution in [3.05, 3.63) is 35.7 Å². The molecule has 0 amide bonds. The van der Waals surface area contributed by atoms with Crippen molar-refractivity contribution < 1.29 is 4.39 Å². The highest BCUT2D eigenvalue weighted by Gasteiger charge is 2.02. The maximum Gasteiger partial charge on any atom is 0.123 e. The summed E-state index contributed by atoms with van der Waals surface area (Å²) < 4.78 is 12.8. The third kappa shape index (κ3) is 2.34. The molecule has 0 saturated carbocycles. The van der Waals surface area contributed by atoms with Crippen LogP contribution in [0.3, 0.4) is 0 Å². The average Bonchev–Trinajstić information content (AvgIpc) is 2.13. The molecule has 0 N–H and O–H groups in total. The first-order valence-corrected chi connectivity index (χ1v) is 3.94. The summed E-state index contributed by atoms with van der Waals surface area (Å²) in [6.07, 6.45) is 7.87. The molecule has 0 nitrogen and oxygen atoms in total. The Kier molecular flexibility index (Phi) is 2.64. The highest BCUT2D eigenvalue weighted by Crippen LogP contribution is 2.18. The zero-order valence-corrected chi connectivity index (χ0v) is 6.97. The van der Waals surface area contributed by atoms with Crippen molar-refractivity contribution in [1.29, 1.82) is 0 Å². The van der Waals surface area contributed by atoms with E-state index in [1.807, 2.05) is 6.08 Å². The van der Waals surface area contributed by atoms with Crippen LogP contribution < -0.4 is 0 Å². The van der Waals surface area contributed by atoms with Crippen LogP contribution in [0.15, 0.2) is 35.7 Å². The quantitative estimate of drug-likeness (QED) is 0.540. The highest BCUT2D eigenvalue weighted by molar-refractivity contribution is 5.30. The van der Waals surface area contributed by atoms with Gasteiger partial charge in [0, 0.05) is 0 Å². The molecule has 0 aliphatic heterocycles. The van der Waals surface area contributed by atoms with E-state index in [1.54, 1.807) is 6.08 Å². The predicted octanol–water partition coefficient (Wildman–Crippen LogP) is 3.38. The summed E-state index contributed by atoms with van der Waals surface area (Å²) in [5, 5.41) is 0. The zero-order valence-electron chi connectivity index (χ0n) is 6.97. The Hall–Kier alpha value is -0.850. The maximum atomic E-state index is 12.8. The number of hydrogen-bond acceptors (Lipinski definition) is 0. The molecule has 0 aromatic rings. The van der Waals surface area contributed by atoms with E-state index in [0.29, 0.717) is 5.92 Å². The zero-order chi connectivity index (χ0) is 8.27. The molecule has 0 aromatic heterocycles. The van der Waals surface area contributed by atoms with Crippen LogP contribution in [0.25, 0.3) is 0 Å². The highest BCUT2D eigenvalue weighted by atomic mass is 19.1. The Morgan fingerprint density at radius 3 is 2.82 bits per heavy atom. The van der Waals surface area contributed by atoms with Crippen molar-refractivity contribution in [2.45, 2.75) is 20.3 Å². The van der Waals surface area contributed by atoms with Crippen LogP contribution in [0.5, 0.6) is 0 Å². The van der Waals surface area contributed by atoms with Crippen LogP contribution in [0.1, 0.15) is 20.3 Å². The minimum absolute atomic E-state index is 0.137. The molecule has 0 atom stereocenters. The predicted molar refractivity (Wildman–Crippen MR) is 45.9 cm³/mol. The van der Waals surface area contributed by atoms with Gasteiger partial charge in [0.2, 0.25) is 0 Å². The van der Waals surface area contributed by atoms with Gasteiger partial charge in [-0.25, -0.2) is 4.39 Å². The lowest BCUT2D eigenvalue weighted by Crippen LogP contribution is -1.89. The normalized spacial score (nSPS) is 17.8. The first-order chi connectivity index (χ1) is 5.20. The Morgan fingerprint density at radius 2 is 2.18 bits per heavy atom. The molecule has 60 valence electrons. The molecular formula is C10H13F. The second-order valence-corrected chi connectivity index (χ2v) is 3.03. The molecule has 1 rings (SSSR count). The SMILES string of the molecule is CC(C)C1=CCC=CC(F)=C1. The number of rotatable bonds is 1. The molecule has 0 unspecified atom stereocenters. The molecule has 0 spiro atoms. The van der Waals surface area contributed by atoms with Gasteiger partial charge < -0.3 is 0 Å². The molecule has 1 aliphatic carbocycles. The Morgan fingerprint density at radius 1 is 1.45 bits per heavy atom. The van der Waals surface area contributed by atoms with Crippen molar-refractivity contribution in [3.8, 4) is 0 Å². The summed E-state index contributed by atoms with van der Waals surface area (Å²) in [5.41, 5.74) is 1.09. The van der Waals surface area contributed by atoms with Gasteiger partial charge in [-0.3, -0.25) is 0 Å². The third-order valence-electron chi connectivity index (χ3n) is 1.74. The van der Waals surface area contributed by atoms with Gasteiger partial charge in [0.05, 0.1) is 0 Å². The monoisotopic (exact) mass is 152 g/mol. The van der Waals surface area contributed by atoms with Gasteiger partial charge >= 0.3 is 0 Å². The van der Waals surface area contributed by atoms with Crippen LogP contribution in [-0.2, 0) is 0 Å². The number of halogens is 1. The summed E-state index contributed by atoms with van der Waals surface area (Å²) >= 11 is 0. The van der Waals surface area contributed by atoms with Crippen molar-refractivity contribution in [1.82, 2.24) is 0 Å². The molecular weight excluding hydrogens is 139 g/mol. The lowest BCUT2D eigenvalue weighted by molar-refractivity contribution is 0.661. The fraction of sp³-hybridized carbons (Fsp3) is 0.400. The van der Waals surface area contributed by atoms with Crippen LogP contribution >= 0.6 is 0 Å². The molecule has 0 aromatic carbocycles. The minimum atomic E-state index is -0.137. The van der Waals surface area contributed by atoms with Gasteiger partial charge in [0.15, 0.2) is 0 Å². The van der Waals surface area contributed by atoms with Crippen LogP contribution in [0, 0.1) is 5.92 Å².